The van der Waals surface area contributed by atoms with E-state index in [-0.39, 0.29) is 18.9 Å². The Bertz CT molecular complexity index is 387. The Hall–Kier alpha value is -2.10. The lowest BCUT2D eigenvalue weighted by atomic mass is 10.2. The summed E-state index contributed by atoms with van der Waals surface area (Å²) in [7, 11) is 0. The maximum Gasteiger partial charge on any atom is 0.323 e. The largest absolute Gasteiger partial charge is 0.480 e. The summed E-state index contributed by atoms with van der Waals surface area (Å²) < 4.78 is 0. The van der Waals surface area contributed by atoms with Crippen LogP contribution in [-0.2, 0) is 9.59 Å². The highest BCUT2D eigenvalue weighted by Gasteiger charge is 2.16. The lowest BCUT2D eigenvalue weighted by Crippen LogP contribution is -2.35. The van der Waals surface area contributed by atoms with Crippen molar-refractivity contribution in [1.82, 2.24) is 0 Å². The first-order valence-electron chi connectivity index (χ1n) is 4.83. The molecule has 0 aliphatic rings. The van der Waals surface area contributed by atoms with E-state index in [1.54, 1.807) is 30.3 Å². The summed E-state index contributed by atoms with van der Waals surface area (Å²) in [6.07, 6.45) is 1.59. The van der Waals surface area contributed by atoms with Gasteiger partial charge in [-0.1, -0.05) is 24.3 Å². The molecule has 4 nitrogen and oxygen atoms in total. The zero-order valence-corrected chi connectivity index (χ0v) is 8.80. The van der Waals surface area contributed by atoms with Crippen LogP contribution < -0.4 is 4.90 Å². The summed E-state index contributed by atoms with van der Waals surface area (Å²) in [4.78, 5) is 23.6. The smallest absolute Gasteiger partial charge is 0.323 e. The van der Waals surface area contributed by atoms with Crippen LogP contribution in [0.1, 0.15) is 6.42 Å². The van der Waals surface area contributed by atoms with E-state index in [2.05, 4.69) is 6.58 Å². The third-order valence-electron chi connectivity index (χ3n) is 1.98. The van der Waals surface area contributed by atoms with Crippen molar-refractivity contribution in [1.29, 1.82) is 0 Å². The van der Waals surface area contributed by atoms with Gasteiger partial charge in [-0.3, -0.25) is 9.59 Å². The Labute approximate surface area is 93.8 Å². The molecular weight excluding hydrogens is 206 g/mol. The second-order valence-corrected chi connectivity index (χ2v) is 3.20. The molecule has 0 aliphatic carbocycles. The van der Waals surface area contributed by atoms with Crippen LogP contribution in [0.2, 0.25) is 0 Å². The maximum absolute atomic E-state index is 11.7. The molecule has 1 aromatic rings. The number of nitrogens with zero attached hydrogens (tertiary/aromatic N) is 1. The molecule has 0 heterocycles. The molecule has 1 amide bonds. The third-order valence-corrected chi connectivity index (χ3v) is 1.98. The summed E-state index contributed by atoms with van der Waals surface area (Å²) in [6.45, 7) is 3.12. The number of carboxylic acid groups (broad SMARTS) is 1. The molecule has 0 bridgehead atoms. The molecule has 84 valence electrons. The Morgan fingerprint density at radius 2 is 1.94 bits per heavy atom. The lowest BCUT2D eigenvalue weighted by molar-refractivity contribution is -0.136. The number of para-hydroxylation sites is 1. The average Bonchev–Trinajstić information content (AvgIpc) is 2.27. The van der Waals surface area contributed by atoms with E-state index in [1.807, 2.05) is 0 Å². The lowest BCUT2D eigenvalue weighted by Gasteiger charge is -2.20. The normalized spacial score (nSPS) is 9.50. The van der Waals surface area contributed by atoms with Gasteiger partial charge in [0.05, 0.1) is 0 Å². The Morgan fingerprint density at radius 1 is 1.31 bits per heavy atom. The predicted octanol–water partition coefficient (Wildman–Crippen LogP) is 1.68. The number of benzene rings is 1. The minimum atomic E-state index is -1.04. The second kappa shape index (κ2) is 5.70. The summed E-state index contributed by atoms with van der Waals surface area (Å²) in [5, 5.41) is 8.74. The van der Waals surface area contributed by atoms with E-state index >= 15 is 0 Å². The van der Waals surface area contributed by atoms with Crippen LogP contribution in [0.3, 0.4) is 0 Å². The van der Waals surface area contributed by atoms with Crippen molar-refractivity contribution in [2.45, 2.75) is 6.42 Å². The fraction of sp³-hybridized carbons (Fsp3) is 0.167. The average molecular weight is 219 g/mol. The number of hydrogen-bond acceptors (Lipinski definition) is 2. The van der Waals surface area contributed by atoms with Crippen LogP contribution >= 0.6 is 0 Å². The highest BCUT2D eigenvalue weighted by Crippen LogP contribution is 2.14. The maximum atomic E-state index is 11.7. The van der Waals surface area contributed by atoms with Crippen molar-refractivity contribution in [3.05, 3.63) is 43.0 Å². The molecule has 0 spiro atoms. The van der Waals surface area contributed by atoms with E-state index in [1.165, 1.54) is 11.0 Å². The quantitative estimate of drug-likeness (QED) is 0.766. The minimum absolute atomic E-state index is 0.127. The topological polar surface area (TPSA) is 57.6 Å². The van der Waals surface area contributed by atoms with E-state index in [0.717, 1.165) is 0 Å². The molecule has 4 heteroatoms. The Kier molecular flexibility index (Phi) is 4.27. The SMILES string of the molecule is C=CCC(=O)N(CC(=O)O)c1ccccc1. The van der Waals surface area contributed by atoms with Crippen LogP contribution in [-0.4, -0.2) is 23.5 Å². The van der Waals surface area contributed by atoms with Crippen LogP contribution in [0.4, 0.5) is 5.69 Å². The summed E-state index contributed by atoms with van der Waals surface area (Å²) >= 11 is 0. The van der Waals surface area contributed by atoms with Crippen molar-refractivity contribution in [3.63, 3.8) is 0 Å². The van der Waals surface area contributed by atoms with Crippen molar-refractivity contribution in [2.24, 2.45) is 0 Å². The van der Waals surface area contributed by atoms with Crippen LogP contribution in [0.25, 0.3) is 0 Å². The molecule has 0 aromatic heterocycles. The third kappa shape index (κ3) is 3.24. The van der Waals surface area contributed by atoms with Gasteiger partial charge in [-0.25, -0.2) is 0 Å². The Balaban J connectivity index is 2.91. The van der Waals surface area contributed by atoms with E-state index in [0.29, 0.717) is 5.69 Å². The number of carboxylic acids is 1. The molecule has 0 unspecified atom stereocenters. The van der Waals surface area contributed by atoms with Crippen molar-refractivity contribution >= 4 is 17.6 Å². The minimum Gasteiger partial charge on any atom is -0.480 e. The van der Waals surface area contributed by atoms with Crippen molar-refractivity contribution < 1.29 is 14.7 Å². The molecule has 1 aromatic carbocycles. The zero-order valence-electron chi connectivity index (χ0n) is 8.80. The number of hydrogen-bond donors (Lipinski definition) is 1. The fourth-order valence-electron chi connectivity index (χ4n) is 1.30. The van der Waals surface area contributed by atoms with Gasteiger partial charge in [0.15, 0.2) is 0 Å². The molecule has 0 saturated heterocycles. The van der Waals surface area contributed by atoms with Gasteiger partial charge in [-0.2, -0.15) is 0 Å². The Morgan fingerprint density at radius 3 is 2.44 bits per heavy atom. The van der Waals surface area contributed by atoms with Crippen molar-refractivity contribution in [2.75, 3.05) is 11.4 Å². The van der Waals surface area contributed by atoms with E-state index < -0.39 is 5.97 Å². The fourth-order valence-corrected chi connectivity index (χ4v) is 1.30. The van der Waals surface area contributed by atoms with Crippen LogP contribution in [0.15, 0.2) is 43.0 Å². The molecule has 16 heavy (non-hydrogen) atoms. The van der Waals surface area contributed by atoms with Gasteiger partial charge < -0.3 is 10.0 Å². The molecule has 0 aliphatic heterocycles. The van der Waals surface area contributed by atoms with Gasteiger partial charge in [0, 0.05) is 12.1 Å². The molecule has 0 fully saturated rings. The van der Waals surface area contributed by atoms with Crippen LogP contribution in [0, 0.1) is 0 Å². The number of amides is 1. The standard InChI is InChI=1S/C12H13NO3/c1-2-6-11(14)13(9-12(15)16)10-7-4-3-5-8-10/h2-5,7-8H,1,6,9H2,(H,15,16). The number of carbonyl (C=O) groups excluding carboxylic acids is 1. The molecule has 0 radical (unpaired) electrons. The van der Waals surface area contributed by atoms with Gasteiger partial charge in [-0.15, -0.1) is 6.58 Å². The van der Waals surface area contributed by atoms with Crippen LogP contribution in [0.5, 0.6) is 0 Å². The first-order chi connectivity index (χ1) is 7.65. The van der Waals surface area contributed by atoms with Gasteiger partial charge in [-0.05, 0) is 12.1 Å². The first-order valence-corrected chi connectivity index (χ1v) is 4.83. The highest BCUT2D eigenvalue weighted by molar-refractivity contribution is 5.97. The van der Waals surface area contributed by atoms with Gasteiger partial charge in [0.2, 0.25) is 5.91 Å². The molecule has 0 atom stereocenters. The summed E-state index contributed by atoms with van der Waals surface area (Å²) in [5.41, 5.74) is 0.580. The van der Waals surface area contributed by atoms with Gasteiger partial charge >= 0.3 is 5.97 Å². The van der Waals surface area contributed by atoms with E-state index in [4.69, 9.17) is 5.11 Å². The second-order valence-electron chi connectivity index (χ2n) is 3.20. The highest BCUT2D eigenvalue weighted by atomic mass is 16.4. The van der Waals surface area contributed by atoms with Gasteiger partial charge in [0.25, 0.3) is 0 Å². The summed E-state index contributed by atoms with van der Waals surface area (Å²) in [6, 6.07) is 8.71. The predicted molar refractivity (Wildman–Crippen MR) is 61.2 cm³/mol. The van der Waals surface area contributed by atoms with Crippen molar-refractivity contribution in [3.8, 4) is 0 Å². The number of rotatable bonds is 5. The number of carbonyl (C=O) groups is 2. The first kappa shape index (κ1) is 12.0. The molecule has 0 saturated carbocycles. The molecule has 1 N–H and O–H groups in total. The monoisotopic (exact) mass is 219 g/mol. The molecular formula is C12H13NO3. The van der Waals surface area contributed by atoms with Gasteiger partial charge in [0.1, 0.15) is 6.54 Å². The number of aliphatic carboxylic acids is 1. The number of anilines is 1. The zero-order chi connectivity index (χ0) is 12.0. The summed E-state index contributed by atoms with van der Waals surface area (Å²) in [5.74, 6) is -1.31. The van der Waals surface area contributed by atoms with E-state index in [9.17, 15) is 9.59 Å². The molecule has 1 rings (SSSR count).